The molecule has 29 heavy (non-hydrogen) atoms. The van der Waals surface area contributed by atoms with Crippen LogP contribution in [0.25, 0.3) is 0 Å². The zero-order valence-corrected chi connectivity index (χ0v) is 19.4. The van der Waals surface area contributed by atoms with Gasteiger partial charge < -0.3 is 5.32 Å². The number of carbonyl (C=O) groups is 1. The fourth-order valence-corrected chi connectivity index (χ4v) is 4.52. The Labute approximate surface area is 175 Å². The van der Waals surface area contributed by atoms with Crippen molar-refractivity contribution in [2.24, 2.45) is 0 Å². The molecule has 1 N–H and O–H groups in total. The van der Waals surface area contributed by atoms with Crippen molar-refractivity contribution in [3.05, 3.63) is 58.1 Å². The van der Waals surface area contributed by atoms with E-state index in [1.807, 2.05) is 25.1 Å². The Balaban J connectivity index is 2.57. The predicted molar refractivity (Wildman–Crippen MR) is 119 cm³/mol. The van der Waals surface area contributed by atoms with Crippen molar-refractivity contribution in [3.8, 4) is 0 Å². The number of nitrogens with one attached hydrogen (secondary N) is 1. The molecule has 0 aliphatic carbocycles. The molecule has 0 fully saturated rings. The first-order valence-corrected chi connectivity index (χ1v) is 11.3. The van der Waals surface area contributed by atoms with Crippen molar-refractivity contribution in [2.45, 2.75) is 58.3 Å². The van der Waals surface area contributed by atoms with E-state index in [0.29, 0.717) is 11.1 Å². The fraction of sp³-hybridized carbons (Fsp3) is 0.435. The molecule has 5 nitrogen and oxygen atoms in total. The lowest BCUT2D eigenvalue weighted by Crippen LogP contribution is -2.24. The molecule has 158 valence electrons. The summed E-state index contributed by atoms with van der Waals surface area (Å²) in [6.07, 6.45) is 0. The molecule has 6 heteroatoms. The molecule has 2 aromatic rings. The normalized spacial score (nSPS) is 12.1. The molecule has 0 saturated carbocycles. The second-order valence-electron chi connectivity index (χ2n) is 8.28. The van der Waals surface area contributed by atoms with Crippen LogP contribution in [-0.2, 0) is 10.0 Å². The number of amides is 1. The monoisotopic (exact) mass is 416 g/mol. The van der Waals surface area contributed by atoms with Crippen LogP contribution < -0.4 is 5.32 Å². The molecular weight excluding hydrogens is 384 g/mol. The van der Waals surface area contributed by atoms with Crippen LogP contribution in [0, 0.1) is 13.8 Å². The van der Waals surface area contributed by atoms with E-state index in [9.17, 15) is 13.2 Å². The molecule has 2 rings (SSSR count). The van der Waals surface area contributed by atoms with Gasteiger partial charge in [-0.05, 0) is 60.1 Å². The molecule has 0 aliphatic rings. The quantitative estimate of drug-likeness (QED) is 0.716. The van der Waals surface area contributed by atoms with E-state index in [2.05, 4.69) is 33.0 Å². The van der Waals surface area contributed by atoms with Crippen LogP contribution in [-0.4, -0.2) is 32.7 Å². The number of carbonyl (C=O) groups excluding carboxylic acids is 1. The summed E-state index contributed by atoms with van der Waals surface area (Å²) in [6.45, 7) is 11.9. The lowest BCUT2D eigenvalue weighted by Gasteiger charge is -2.21. The van der Waals surface area contributed by atoms with Gasteiger partial charge in [0, 0.05) is 25.3 Å². The number of anilines is 1. The highest BCUT2D eigenvalue weighted by Gasteiger charge is 2.24. The van der Waals surface area contributed by atoms with Gasteiger partial charge in [0.25, 0.3) is 5.91 Å². The number of sulfonamides is 1. The number of nitrogens with zero attached hydrogens (tertiary/aromatic N) is 1. The van der Waals surface area contributed by atoms with Gasteiger partial charge in [0.15, 0.2) is 0 Å². The Bertz CT molecular complexity index is 996. The summed E-state index contributed by atoms with van der Waals surface area (Å²) in [7, 11) is -0.667. The summed E-state index contributed by atoms with van der Waals surface area (Å²) in [5.74, 6) is 0.181. The number of hydrogen-bond donors (Lipinski definition) is 1. The van der Waals surface area contributed by atoms with Crippen LogP contribution in [0.5, 0.6) is 0 Å². The maximum absolute atomic E-state index is 13.2. The standard InChI is InChI=1S/C23H32N2O3S/c1-14(2)19-10-9-11-20(15(3)4)22(19)24-23(26)18-12-16(5)17(6)21(13-18)29(27,28)25(7)8/h9-15H,1-8H3,(H,24,26). The van der Waals surface area contributed by atoms with Gasteiger partial charge in [-0.1, -0.05) is 45.9 Å². The van der Waals surface area contributed by atoms with Gasteiger partial charge in [0.2, 0.25) is 10.0 Å². The third kappa shape index (κ3) is 4.70. The van der Waals surface area contributed by atoms with Crippen LogP contribution in [0.1, 0.15) is 72.1 Å². The highest BCUT2D eigenvalue weighted by atomic mass is 32.2. The highest BCUT2D eigenvalue weighted by Crippen LogP contribution is 2.33. The zero-order valence-electron chi connectivity index (χ0n) is 18.6. The molecule has 0 heterocycles. The topological polar surface area (TPSA) is 66.5 Å². The zero-order chi connectivity index (χ0) is 22.1. The second kappa shape index (κ2) is 8.67. The van der Waals surface area contributed by atoms with E-state index in [-0.39, 0.29) is 22.6 Å². The number of benzene rings is 2. The Morgan fingerprint density at radius 2 is 1.48 bits per heavy atom. The van der Waals surface area contributed by atoms with Gasteiger partial charge >= 0.3 is 0 Å². The SMILES string of the molecule is Cc1cc(C(=O)Nc2c(C(C)C)cccc2C(C)C)cc(S(=O)(=O)N(C)C)c1C. The lowest BCUT2D eigenvalue weighted by molar-refractivity contribution is 0.102. The van der Waals surface area contributed by atoms with E-state index >= 15 is 0 Å². The van der Waals surface area contributed by atoms with Gasteiger partial charge in [-0.3, -0.25) is 4.79 Å². The predicted octanol–water partition coefficient (Wildman–Crippen LogP) is 5.05. The first kappa shape index (κ1) is 23.1. The van der Waals surface area contributed by atoms with Crippen LogP contribution >= 0.6 is 0 Å². The van der Waals surface area contributed by atoms with Crippen LogP contribution in [0.4, 0.5) is 5.69 Å². The number of aryl methyl sites for hydroxylation is 1. The number of rotatable bonds is 6. The van der Waals surface area contributed by atoms with Crippen molar-refractivity contribution >= 4 is 21.6 Å². The molecule has 0 unspecified atom stereocenters. The van der Waals surface area contributed by atoms with Crippen molar-refractivity contribution in [1.82, 2.24) is 4.31 Å². The molecular formula is C23H32N2O3S. The van der Waals surface area contributed by atoms with Gasteiger partial charge in [-0.2, -0.15) is 0 Å². The maximum Gasteiger partial charge on any atom is 0.255 e. The van der Waals surface area contributed by atoms with Gasteiger partial charge in [0.1, 0.15) is 0 Å². The summed E-state index contributed by atoms with van der Waals surface area (Å²) >= 11 is 0. The van der Waals surface area contributed by atoms with Gasteiger partial charge in [-0.15, -0.1) is 0 Å². The van der Waals surface area contributed by atoms with E-state index in [1.165, 1.54) is 24.5 Å². The molecule has 0 aliphatic heterocycles. The Morgan fingerprint density at radius 1 is 0.966 bits per heavy atom. The molecule has 0 spiro atoms. The summed E-state index contributed by atoms with van der Waals surface area (Å²) in [6, 6.07) is 9.27. The van der Waals surface area contributed by atoms with Crippen molar-refractivity contribution < 1.29 is 13.2 Å². The maximum atomic E-state index is 13.2. The van der Waals surface area contributed by atoms with Crippen LogP contribution in [0.15, 0.2) is 35.2 Å². The summed E-state index contributed by atoms with van der Waals surface area (Å²) in [5, 5.41) is 3.07. The molecule has 1 amide bonds. The minimum atomic E-state index is -3.65. The minimum absolute atomic E-state index is 0.161. The van der Waals surface area contributed by atoms with Crippen LogP contribution in [0.3, 0.4) is 0 Å². The molecule has 2 aromatic carbocycles. The minimum Gasteiger partial charge on any atom is -0.321 e. The second-order valence-corrected chi connectivity index (χ2v) is 10.4. The summed E-state index contributed by atoms with van der Waals surface area (Å²) in [5.41, 5.74) is 4.70. The average molecular weight is 417 g/mol. The smallest absolute Gasteiger partial charge is 0.255 e. The van der Waals surface area contributed by atoms with E-state index in [4.69, 9.17) is 0 Å². The van der Waals surface area contributed by atoms with E-state index in [0.717, 1.165) is 22.4 Å². The Kier molecular flexibility index (Phi) is 6.91. The molecule has 0 atom stereocenters. The Hall–Kier alpha value is -2.18. The lowest BCUT2D eigenvalue weighted by atomic mass is 9.92. The average Bonchev–Trinajstić information content (AvgIpc) is 2.63. The summed E-state index contributed by atoms with van der Waals surface area (Å²) in [4.78, 5) is 13.3. The van der Waals surface area contributed by atoms with E-state index < -0.39 is 10.0 Å². The first-order valence-electron chi connectivity index (χ1n) is 9.85. The van der Waals surface area contributed by atoms with Crippen molar-refractivity contribution in [3.63, 3.8) is 0 Å². The first-order chi connectivity index (χ1) is 13.4. The fourth-order valence-electron chi connectivity index (χ4n) is 3.30. The van der Waals surface area contributed by atoms with Crippen LogP contribution in [0.2, 0.25) is 0 Å². The molecule has 0 aromatic heterocycles. The van der Waals surface area contributed by atoms with Gasteiger partial charge in [-0.25, -0.2) is 12.7 Å². The largest absolute Gasteiger partial charge is 0.321 e. The van der Waals surface area contributed by atoms with Crippen molar-refractivity contribution in [1.29, 1.82) is 0 Å². The van der Waals surface area contributed by atoms with Crippen molar-refractivity contribution in [2.75, 3.05) is 19.4 Å². The summed E-state index contributed by atoms with van der Waals surface area (Å²) < 4.78 is 26.6. The third-order valence-corrected chi connectivity index (χ3v) is 7.19. The molecule has 0 saturated heterocycles. The molecule has 0 bridgehead atoms. The Morgan fingerprint density at radius 3 is 1.93 bits per heavy atom. The highest BCUT2D eigenvalue weighted by molar-refractivity contribution is 7.89. The molecule has 0 radical (unpaired) electrons. The van der Waals surface area contributed by atoms with Gasteiger partial charge in [0.05, 0.1) is 4.90 Å². The van der Waals surface area contributed by atoms with E-state index in [1.54, 1.807) is 13.0 Å². The number of para-hydroxylation sites is 1. The third-order valence-electron chi connectivity index (χ3n) is 5.25. The number of hydrogen-bond acceptors (Lipinski definition) is 3.